The predicted octanol–water partition coefficient (Wildman–Crippen LogP) is 3.48. The summed E-state index contributed by atoms with van der Waals surface area (Å²) in [6.45, 7) is 5.14. The Morgan fingerprint density at radius 3 is 2.80 bits per heavy atom. The number of carbonyl (C=O) groups excluding carboxylic acids is 1. The minimum atomic E-state index is -0.328. The molecule has 134 valence electrons. The van der Waals surface area contributed by atoms with Gasteiger partial charge in [-0.3, -0.25) is 9.69 Å². The number of piperidine rings is 1. The van der Waals surface area contributed by atoms with Crippen molar-refractivity contribution in [3.63, 3.8) is 0 Å². The second-order valence-corrected chi connectivity index (χ2v) is 6.57. The van der Waals surface area contributed by atoms with Crippen molar-refractivity contribution in [2.24, 2.45) is 5.92 Å². The smallest absolute Gasteiger partial charge is 0.291 e. The third-order valence-electron chi connectivity index (χ3n) is 4.58. The van der Waals surface area contributed by atoms with E-state index in [2.05, 4.69) is 17.1 Å². The van der Waals surface area contributed by atoms with Gasteiger partial charge in [0.1, 0.15) is 5.76 Å². The Labute approximate surface area is 147 Å². The highest BCUT2D eigenvalue weighted by Crippen LogP contribution is 2.29. The van der Waals surface area contributed by atoms with Gasteiger partial charge in [-0.05, 0) is 56.1 Å². The van der Waals surface area contributed by atoms with Gasteiger partial charge in [-0.2, -0.15) is 0 Å². The summed E-state index contributed by atoms with van der Waals surface area (Å²) in [6, 6.07) is 8.18. The molecule has 0 unspecified atom stereocenters. The molecule has 3 rings (SSSR count). The lowest BCUT2D eigenvalue weighted by Crippen LogP contribution is -2.32. The lowest BCUT2D eigenvalue weighted by molar-refractivity contribution is 0.0991. The fourth-order valence-corrected chi connectivity index (χ4v) is 2.97. The Morgan fingerprint density at radius 2 is 2.08 bits per heavy atom. The zero-order chi connectivity index (χ0) is 17.8. The van der Waals surface area contributed by atoms with Gasteiger partial charge >= 0.3 is 0 Å². The van der Waals surface area contributed by atoms with Crippen LogP contribution in [0.3, 0.4) is 0 Å². The molecule has 0 bridgehead atoms. The Kier molecular flexibility index (Phi) is 5.28. The SMILES string of the molecule is COc1cc(NC(=O)c2ccc(CN3CCC(C)CC3)o2)ccc1O. The predicted molar refractivity (Wildman–Crippen MR) is 95.0 cm³/mol. The first-order chi connectivity index (χ1) is 12.0. The number of hydrogen-bond acceptors (Lipinski definition) is 5. The molecule has 0 aliphatic carbocycles. The van der Waals surface area contributed by atoms with Crippen LogP contribution in [0, 0.1) is 5.92 Å². The first kappa shape index (κ1) is 17.4. The molecule has 1 aliphatic rings. The maximum atomic E-state index is 12.3. The molecule has 25 heavy (non-hydrogen) atoms. The summed E-state index contributed by atoms with van der Waals surface area (Å²) in [7, 11) is 1.46. The van der Waals surface area contributed by atoms with Crippen molar-refractivity contribution in [3.8, 4) is 11.5 Å². The monoisotopic (exact) mass is 344 g/mol. The zero-order valence-electron chi connectivity index (χ0n) is 14.6. The molecule has 2 N–H and O–H groups in total. The Balaban J connectivity index is 1.60. The van der Waals surface area contributed by atoms with Crippen molar-refractivity contribution >= 4 is 11.6 Å². The molecule has 2 aromatic rings. The quantitative estimate of drug-likeness (QED) is 0.812. The highest BCUT2D eigenvalue weighted by Gasteiger charge is 2.18. The first-order valence-corrected chi connectivity index (χ1v) is 8.54. The number of methoxy groups -OCH3 is 1. The number of nitrogens with one attached hydrogen (secondary N) is 1. The summed E-state index contributed by atoms with van der Waals surface area (Å²) < 4.78 is 10.7. The van der Waals surface area contributed by atoms with E-state index in [0.717, 1.165) is 31.3 Å². The fourth-order valence-electron chi connectivity index (χ4n) is 2.97. The van der Waals surface area contributed by atoms with Crippen LogP contribution >= 0.6 is 0 Å². The average Bonchev–Trinajstić information content (AvgIpc) is 3.07. The molecule has 6 nitrogen and oxygen atoms in total. The van der Waals surface area contributed by atoms with Gasteiger partial charge in [0.15, 0.2) is 17.3 Å². The molecule has 1 aromatic heterocycles. The molecule has 6 heteroatoms. The third kappa shape index (κ3) is 4.33. The van der Waals surface area contributed by atoms with Crippen LogP contribution in [0.5, 0.6) is 11.5 Å². The van der Waals surface area contributed by atoms with Gasteiger partial charge in [0.2, 0.25) is 0 Å². The number of ether oxygens (including phenoxy) is 1. The molecule has 0 spiro atoms. The van der Waals surface area contributed by atoms with E-state index in [4.69, 9.17) is 9.15 Å². The number of furan rings is 1. The maximum Gasteiger partial charge on any atom is 0.291 e. The van der Waals surface area contributed by atoms with E-state index in [1.54, 1.807) is 18.2 Å². The first-order valence-electron chi connectivity index (χ1n) is 8.54. The Bertz CT molecular complexity index is 733. The second-order valence-electron chi connectivity index (χ2n) is 6.57. The zero-order valence-corrected chi connectivity index (χ0v) is 14.6. The summed E-state index contributed by atoms with van der Waals surface area (Å²) in [4.78, 5) is 14.7. The van der Waals surface area contributed by atoms with E-state index in [-0.39, 0.29) is 17.4 Å². The van der Waals surface area contributed by atoms with Gasteiger partial charge in [-0.1, -0.05) is 6.92 Å². The van der Waals surface area contributed by atoms with Crippen LogP contribution in [0.2, 0.25) is 0 Å². The summed E-state index contributed by atoms with van der Waals surface area (Å²) in [6.07, 6.45) is 2.41. The standard InChI is InChI=1S/C19H24N2O4/c1-13-7-9-21(10-8-13)12-15-4-6-17(25-15)19(23)20-14-3-5-16(22)18(11-14)24-2/h3-6,11,13,22H,7-10,12H2,1-2H3,(H,20,23). The van der Waals surface area contributed by atoms with Crippen LogP contribution in [-0.4, -0.2) is 36.1 Å². The van der Waals surface area contributed by atoms with Crippen molar-refractivity contribution in [1.29, 1.82) is 0 Å². The van der Waals surface area contributed by atoms with Crippen molar-refractivity contribution in [2.45, 2.75) is 26.3 Å². The third-order valence-corrected chi connectivity index (χ3v) is 4.58. The van der Waals surface area contributed by atoms with E-state index >= 15 is 0 Å². The molecule has 2 heterocycles. The lowest BCUT2D eigenvalue weighted by atomic mass is 9.99. The van der Waals surface area contributed by atoms with Gasteiger partial charge in [0.25, 0.3) is 5.91 Å². The van der Waals surface area contributed by atoms with Crippen LogP contribution in [-0.2, 0) is 6.54 Å². The largest absolute Gasteiger partial charge is 0.504 e. The molecule has 1 aromatic carbocycles. The van der Waals surface area contributed by atoms with Gasteiger partial charge in [0, 0.05) is 11.8 Å². The minimum Gasteiger partial charge on any atom is -0.504 e. The van der Waals surface area contributed by atoms with E-state index in [9.17, 15) is 9.90 Å². The number of hydrogen-bond donors (Lipinski definition) is 2. The topological polar surface area (TPSA) is 74.9 Å². The number of rotatable bonds is 5. The molecule has 1 fully saturated rings. The summed E-state index contributed by atoms with van der Waals surface area (Å²) in [5.41, 5.74) is 0.530. The summed E-state index contributed by atoms with van der Waals surface area (Å²) >= 11 is 0. The van der Waals surface area contributed by atoms with Gasteiger partial charge in [0.05, 0.1) is 13.7 Å². The van der Waals surface area contributed by atoms with E-state index in [1.165, 1.54) is 26.0 Å². The number of nitrogens with zero attached hydrogens (tertiary/aromatic N) is 1. The fraction of sp³-hybridized carbons (Fsp3) is 0.421. The number of aromatic hydroxyl groups is 1. The summed E-state index contributed by atoms with van der Waals surface area (Å²) in [5, 5.41) is 12.3. The lowest BCUT2D eigenvalue weighted by Gasteiger charge is -2.29. The normalized spacial score (nSPS) is 15.9. The number of phenolic OH excluding ortho intramolecular Hbond substituents is 1. The number of phenols is 1. The average molecular weight is 344 g/mol. The van der Waals surface area contributed by atoms with Crippen molar-refractivity contribution in [3.05, 3.63) is 41.9 Å². The van der Waals surface area contributed by atoms with E-state index in [0.29, 0.717) is 11.4 Å². The number of likely N-dealkylation sites (tertiary alicyclic amines) is 1. The molecule has 1 aliphatic heterocycles. The van der Waals surface area contributed by atoms with Crippen LogP contribution in [0.1, 0.15) is 36.1 Å². The van der Waals surface area contributed by atoms with E-state index < -0.39 is 0 Å². The van der Waals surface area contributed by atoms with Crippen molar-refractivity contribution in [2.75, 3.05) is 25.5 Å². The Morgan fingerprint density at radius 1 is 1.32 bits per heavy atom. The molecule has 1 amide bonds. The molecule has 0 saturated carbocycles. The summed E-state index contributed by atoms with van der Waals surface area (Å²) in [5.74, 6) is 1.85. The minimum absolute atomic E-state index is 0.0247. The number of benzene rings is 1. The highest BCUT2D eigenvalue weighted by molar-refractivity contribution is 6.02. The van der Waals surface area contributed by atoms with Crippen LogP contribution in [0.25, 0.3) is 0 Å². The van der Waals surface area contributed by atoms with Crippen LogP contribution in [0.15, 0.2) is 34.7 Å². The molecule has 0 radical (unpaired) electrons. The molecular formula is C19H24N2O4. The van der Waals surface area contributed by atoms with E-state index in [1.807, 2.05) is 6.07 Å². The number of amides is 1. The highest BCUT2D eigenvalue weighted by atomic mass is 16.5. The van der Waals surface area contributed by atoms with Gasteiger partial charge in [-0.15, -0.1) is 0 Å². The second kappa shape index (κ2) is 7.61. The van der Waals surface area contributed by atoms with Crippen molar-refractivity contribution in [1.82, 2.24) is 4.90 Å². The van der Waals surface area contributed by atoms with Crippen LogP contribution < -0.4 is 10.1 Å². The van der Waals surface area contributed by atoms with Crippen LogP contribution in [0.4, 0.5) is 5.69 Å². The number of carbonyl (C=O) groups is 1. The molecule has 1 saturated heterocycles. The van der Waals surface area contributed by atoms with Gasteiger partial charge in [-0.25, -0.2) is 0 Å². The molecule has 0 atom stereocenters. The Hall–Kier alpha value is -2.47. The van der Waals surface area contributed by atoms with Gasteiger partial charge < -0.3 is 19.6 Å². The molecular weight excluding hydrogens is 320 g/mol. The number of anilines is 1. The maximum absolute atomic E-state index is 12.3. The van der Waals surface area contributed by atoms with Crippen molar-refractivity contribution < 1.29 is 19.1 Å².